The highest BCUT2D eigenvalue weighted by atomic mass is 16.6. The predicted octanol–water partition coefficient (Wildman–Crippen LogP) is 2.01. The van der Waals surface area contributed by atoms with E-state index in [0.29, 0.717) is 10.9 Å². The van der Waals surface area contributed by atoms with Gasteiger partial charge in [-0.25, -0.2) is 0 Å². The molecule has 104 valence electrons. The fraction of sp³-hybridized carbons (Fsp3) is 0.154. The summed E-state index contributed by atoms with van der Waals surface area (Å²) in [6.45, 7) is 3.65. The van der Waals surface area contributed by atoms with E-state index in [4.69, 9.17) is 9.47 Å². The van der Waals surface area contributed by atoms with Gasteiger partial charge in [0.25, 0.3) is 11.2 Å². The molecule has 0 amide bonds. The van der Waals surface area contributed by atoms with Crippen molar-refractivity contribution in [1.29, 1.82) is 0 Å². The molecule has 1 N–H and O–H groups in total. The molecule has 0 saturated heterocycles. The molecule has 0 fully saturated rings. The van der Waals surface area contributed by atoms with Crippen LogP contribution in [0.25, 0.3) is 10.9 Å². The van der Waals surface area contributed by atoms with Crippen LogP contribution in [0.3, 0.4) is 0 Å². The Kier molecular flexibility index (Phi) is 3.69. The molecule has 0 aliphatic carbocycles. The average Bonchev–Trinajstić information content (AvgIpc) is 2.43. The molecule has 1 aromatic carbocycles. The molecule has 0 bridgehead atoms. The number of aromatic nitrogens is 1. The van der Waals surface area contributed by atoms with Gasteiger partial charge in [0.1, 0.15) is 6.61 Å². The lowest BCUT2D eigenvalue weighted by Gasteiger charge is -2.11. The fourth-order valence-corrected chi connectivity index (χ4v) is 1.83. The molecule has 0 unspecified atom stereocenters. The van der Waals surface area contributed by atoms with Crippen molar-refractivity contribution in [3.63, 3.8) is 0 Å². The van der Waals surface area contributed by atoms with E-state index < -0.39 is 10.5 Å². The third kappa shape index (κ3) is 2.33. The molecule has 0 aliphatic heterocycles. The van der Waals surface area contributed by atoms with Crippen molar-refractivity contribution >= 4 is 16.6 Å². The minimum atomic E-state index is -0.535. The summed E-state index contributed by atoms with van der Waals surface area (Å²) in [5.74, 6) is 0.259. The first-order valence-electron chi connectivity index (χ1n) is 5.70. The molecule has 7 heteroatoms. The molecule has 0 saturated carbocycles. The largest absolute Gasteiger partial charge is 0.492 e. The zero-order valence-corrected chi connectivity index (χ0v) is 10.7. The Morgan fingerprint density at radius 3 is 2.80 bits per heavy atom. The van der Waals surface area contributed by atoms with Crippen molar-refractivity contribution in [2.75, 3.05) is 13.7 Å². The molecule has 1 heterocycles. The number of H-pyrrole nitrogens is 1. The number of nitrogens with zero attached hydrogens (tertiary/aromatic N) is 1. The van der Waals surface area contributed by atoms with Gasteiger partial charge in [0, 0.05) is 17.5 Å². The van der Waals surface area contributed by atoms with Crippen LogP contribution in [-0.4, -0.2) is 23.6 Å². The quantitative estimate of drug-likeness (QED) is 0.512. The van der Waals surface area contributed by atoms with Gasteiger partial charge in [0.2, 0.25) is 5.75 Å². The van der Waals surface area contributed by atoms with Crippen LogP contribution in [-0.2, 0) is 0 Å². The molecular weight excluding hydrogens is 264 g/mol. The van der Waals surface area contributed by atoms with Gasteiger partial charge in [-0.2, -0.15) is 0 Å². The van der Waals surface area contributed by atoms with Crippen molar-refractivity contribution < 1.29 is 14.4 Å². The summed E-state index contributed by atoms with van der Waals surface area (Å²) in [7, 11) is 1.40. The Hall–Kier alpha value is -2.83. The van der Waals surface area contributed by atoms with Crippen LogP contribution < -0.4 is 15.0 Å². The van der Waals surface area contributed by atoms with E-state index in [-0.39, 0.29) is 23.8 Å². The topological polar surface area (TPSA) is 94.5 Å². The molecule has 0 radical (unpaired) electrons. The van der Waals surface area contributed by atoms with Crippen molar-refractivity contribution in [3.8, 4) is 11.5 Å². The molecule has 1 aromatic heterocycles. The van der Waals surface area contributed by atoms with Crippen LogP contribution in [0.4, 0.5) is 5.69 Å². The number of methoxy groups -OCH3 is 1. The summed E-state index contributed by atoms with van der Waals surface area (Å²) in [6, 6.07) is 4.11. The molecule has 20 heavy (non-hydrogen) atoms. The van der Waals surface area contributed by atoms with Crippen LogP contribution in [0.5, 0.6) is 11.5 Å². The Morgan fingerprint density at radius 1 is 1.45 bits per heavy atom. The zero-order chi connectivity index (χ0) is 14.7. The number of benzene rings is 1. The summed E-state index contributed by atoms with van der Waals surface area (Å²) in [5, 5.41) is 11.3. The summed E-state index contributed by atoms with van der Waals surface area (Å²) < 4.78 is 10.5. The van der Waals surface area contributed by atoms with Crippen LogP contribution in [0.1, 0.15) is 0 Å². The standard InChI is InChI=1S/C13H12N2O5/c1-3-6-20-12-11(19-2)9-5-4-8(15(17)18)7-10(9)14-13(12)16/h3-5,7H,1,6H2,2H3,(H,14,16). The molecule has 2 rings (SSSR count). The summed E-state index contributed by atoms with van der Waals surface area (Å²) >= 11 is 0. The van der Waals surface area contributed by atoms with E-state index in [9.17, 15) is 14.9 Å². The van der Waals surface area contributed by atoms with E-state index in [2.05, 4.69) is 11.6 Å². The van der Waals surface area contributed by atoms with Crippen LogP contribution in [0, 0.1) is 10.1 Å². The lowest BCUT2D eigenvalue weighted by atomic mass is 10.2. The first-order valence-corrected chi connectivity index (χ1v) is 5.70. The number of nitrogens with one attached hydrogen (secondary N) is 1. The third-order valence-electron chi connectivity index (χ3n) is 2.67. The van der Waals surface area contributed by atoms with Gasteiger partial charge in [0.05, 0.1) is 17.5 Å². The number of aromatic amines is 1. The van der Waals surface area contributed by atoms with Crippen LogP contribution >= 0.6 is 0 Å². The molecule has 0 spiro atoms. The summed E-state index contributed by atoms with van der Waals surface area (Å²) in [4.78, 5) is 24.7. The van der Waals surface area contributed by atoms with Gasteiger partial charge in [-0.3, -0.25) is 14.9 Å². The fourth-order valence-electron chi connectivity index (χ4n) is 1.83. The lowest BCUT2D eigenvalue weighted by Crippen LogP contribution is -2.13. The highest BCUT2D eigenvalue weighted by molar-refractivity contribution is 5.88. The predicted molar refractivity (Wildman–Crippen MR) is 73.5 cm³/mol. The average molecular weight is 276 g/mol. The van der Waals surface area contributed by atoms with Gasteiger partial charge in [0.15, 0.2) is 5.75 Å². The molecule has 2 aromatic rings. The van der Waals surface area contributed by atoms with Crippen molar-refractivity contribution in [2.24, 2.45) is 0 Å². The number of hydrogen-bond acceptors (Lipinski definition) is 5. The Balaban J connectivity index is 2.70. The number of fused-ring (bicyclic) bond motifs is 1. The van der Waals surface area contributed by atoms with E-state index in [0.717, 1.165) is 0 Å². The summed E-state index contributed by atoms with van der Waals surface area (Å²) in [5.41, 5.74) is -0.321. The van der Waals surface area contributed by atoms with Gasteiger partial charge in [-0.15, -0.1) is 0 Å². The number of ether oxygens (including phenoxy) is 2. The molecule has 0 aliphatic rings. The maximum atomic E-state index is 11.9. The second kappa shape index (κ2) is 5.43. The van der Waals surface area contributed by atoms with Gasteiger partial charge in [-0.1, -0.05) is 12.7 Å². The molecule has 7 nitrogen and oxygen atoms in total. The van der Waals surface area contributed by atoms with E-state index in [1.54, 1.807) is 0 Å². The van der Waals surface area contributed by atoms with E-state index in [1.165, 1.54) is 31.4 Å². The number of rotatable bonds is 5. The first kappa shape index (κ1) is 13.6. The van der Waals surface area contributed by atoms with Gasteiger partial charge >= 0.3 is 0 Å². The minimum Gasteiger partial charge on any atom is -0.492 e. The normalized spacial score (nSPS) is 10.2. The zero-order valence-electron chi connectivity index (χ0n) is 10.7. The number of pyridine rings is 1. The lowest BCUT2D eigenvalue weighted by molar-refractivity contribution is -0.384. The second-order valence-electron chi connectivity index (χ2n) is 3.90. The van der Waals surface area contributed by atoms with E-state index >= 15 is 0 Å². The molecular formula is C13H12N2O5. The van der Waals surface area contributed by atoms with E-state index in [1.807, 2.05) is 0 Å². The highest BCUT2D eigenvalue weighted by Crippen LogP contribution is 2.32. The Labute approximate surface area is 113 Å². The SMILES string of the molecule is C=CCOc1c(OC)c2ccc([N+](=O)[O-])cc2[nH]c1=O. The number of nitro benzene ring substituents is 1. The Bertz CT molecular complexity index is 735. The van der Waals surface area contributed by atoms with Gasteiger partial charge < -0.3 is 14.5 Å². The van der Waals surface area contributed by atoms with Crippen molar-refractivity contribution in [2.45, 2.75) is 0 Å². The molecule has 0 atom stereocenters. The minimum absolute atomic E-state index is 0.0220. The maximum absolute atomic E-state index is 11.9. The third-order valence-corrected chi connectivity index (χ3v) is 2.67. The maximum Gasteiger partial charge on any atom is 0.294 e. The highest BCUT2D eigenvalue weighted by Gasteiger charge is 2.16. The smallest absolute Gasteiger partial charge is 0.294 e. The second-order valence-corrected chi connectivity index (χ2v) is 3.90. The number of hydrogen-bond donors (Lipinski definition) is 1. The number of non-ortho nitro benzene ring substituents is 1. The summed E-state index contributed by atoms with van der Waals surface area (Å²) in [6.07, 6.45) is 1.50. The Morgan fingerprint density at radius 2 is 2.20 bits per heavy atom. The first-order chi connectivity index (χ1) is 9.58. The van der Waals surface area contributed by atoms with Crippen molar-refractivity contribution in [1.82, 2.24) is 4.98 Å². The van der Waals surface area contributed by atoms with Crippen LogP contribution in [0.15, 0.2) is 35.6 Å². The van der Waals surface area contributed by atoms with Gasteiger partial charge in [-0.05, 0) is 6.07 Å². The van der Waals surface area contributed by atoms with Crippen LogP contribution in [0.2, 0.25) is 0 Å². The monoisotopic (exact) mass is 276 g/mol. The van der Waals surface area contributed by atoms with Crippen molar-refractivity contribution in [3.05, 3.63) is 51.3 Å². The number of nitro groups is 1.